The molecule has 1 aromatic carbocycles. The number of halogens is 3. The number of pyridine rings is 1. The highest BCUT2D eigenvalue weighted by molar-refractivity contribution is 7.89. The molecule has 6 nitrogen and oxygen atoms in total. The number of nitrogens with zero attached hydrogens (tertiary/aromatic N) is 2. The number of piperidine rings is 1. The van der Waals surface area contributed by atoms with Gasteiger partial charge in [-0.05, 0) is 49.2 Å². The number of sulfonamides is 1. The van der Waals surface area contributed by atoms with E-state index in [-0.39, 0.29) is 23.1 Å². The molecule has 0 radical (unpaired) electrons. The van der Waals surface area contributed by atoms with Crippen LogP contribution < -0.4 is 9.47 Å². The Bertz CT molecular complexity index is 938. The second kappa shape index (κ2) is 7.49. The van der Waals surface area contributed by atoms with Crippen molar-refractivity contribution in [3.05, 3.63) is 48.8 Å². The number of hydrogen-bond acceptors (Lipinski definition) is 5. The molecule has 0 N–H and O–H groups in total. The average Bonchev–Trinajstić information content (AvgIpc) is 2.94. The Balaban J connectivity index is 1.48. The molecule has 10 heteroatoms. The monoisotopic (exact) mass is 428 g/mol. The molecule has 0 aliphatic carbocycles. The van der Waals surface area contributed by atoms with E-state index in [0.29, 0.717) is 18.6 Å². The molecule has 4 rings (SSSR count). The van der Waals surface area contributed by atoms with Crippen molar-refractivity contribution in [3.63, 3.8) is 0 Å². The van der Waals surface area contributed by atoms with Crippen LogP contribution in [-0.4, -0.2) is 42.3 Å². The first-order valence-electron chi connectivity index (χ1n) is 9.18. The summed E-state index contributed by atoms with van der Waals surface area (Å²) >= 11 is 0. The summed E-state index contributed by atoms with van der Waals surface area (Å²) in [6.45, 7) is 0. The van der Waals surface area contributed by atoms with Gasteiger partial charge in [0.15, 0.2) is 0 Å². The Morgan fingerprint density at radius 1 is 1.00 bits per heavy atom. The molecule has 0 spiro atoms. The second-order valence-electron chi connectivity index (χ2n) is 7.14. The predicted molar refractivity (Wildman–Crippen MR) is 96.8 cm³/mol. The molecule has 29 heavy (non-hydrogen) atoms. The van der Waals surface area contributed by atoms with Crippen molar-refractivity contribution < 1.29 is 31.1 Å². The maximum absolute atomic E-state index is 13.1. The topological polar surface area (TPSA) is 68.7 Å². The smallest absolute Gasteiger partial charge is 0.489 e. The van der Waals surface area contributed by atoms with Gasteiger partial charge in [-0.1, -0.05) is 0 Å². The molecule has 2 aromatic rings. The summed E-state index contributed by atoms with van der Waals surface area (Å²) in [5, 5.41) is 0. The van der Waals surface area contributed by atoms with Gasteiger partial charge >= 0.3 is 6.36 Å². The van der Waals surface area contributed by atoms with Crippen molar-refractivity contribution in [1.29, 1.82) is 0 Å². The molecule has 0 unspecified atom stereocenters. The Morgan fingerprint density at radius 3 is 2.21 bits per heavy atom. The Morgan fingerprint density at radius 2 is 1.66 bits per heavy atom. The fraction of sp³-hybridized carbons (Fsp3) is 0.421. The van der Waals surface area contributed by atoms with Crippen molar-refractivity contribution in [3.8, 4) is 11.5 Å². The quantitative estimate of drug-likeness (QED) is 0.726. The van der Waals surface area contributed by atoms with Gasteiger partial charge in [-0.2, -0.15) is 4.31 Å². The van der Waals surface area contributed by atoms with Crippen molar-refractivity contribution in [2.24, 2.45) is 0 Å². The standard InChI is InChI=1S/C19H19F3N2O4S/c20-19(21,22)28-15-5-7-18(8-6-15)29(25,26)24-13-3-4-14(24)11-17(10-13)27-16-2-1-9-23-12-16/h1-2,5-9,12-14,17H,3-4,10-11H2/t13-,14-/m0/s1. The normalized spacial score (nSPS) is 25.0. The van der Waals surface area contributed by atoms with Gasteiger partial charge in [0.1, 0.15) is 17.6 Å². The Labute approximate surface area is 166 Å². The average molecular weight is 428 g/mol. The predicted octanol–water partition coefficient (Wildman–Crippen LogP) is 3.74. The van der Waals surface area contributed by atoms with Gasteiger partial charge < -0.3 is 9.47 Å². The number of fused-ring (bicyclic) bond motifs is 2. The number of aromatic nitrogens is 1. The molecule has 2 fully saturated rings. The molecule has 3 heterocycles. The van der Waals surface area contributed by atoms with E-state index < -0.39 is 22.1 Å². The van der Waals surface area contributed by atoms with Crippen LogP contribution in [0.1, 0.15) is 25.7 Å². The highest BCUT2D eigenvalue weighted by Crippen LogP contribution is 2.41. The molecule has 2 aliphatic heterocycles. The molecule has 2 saturated heterocycles. The fourth-order valence-corrected chi connectivity index (χ4v) is 6.01. The number of benzene rings is 1. The van der Waals surface area contributed by atoms with Crippen molar-refractivity contribution in [1.82, 2.24) is 9.29 Å². The minimum atomic E-state index is -4.82. The van der Waals surface area contributed by atoms with Crippen LogP contribution in [0.15, 0.2) is 53.7 Å². The van der Waals surface area contributed by atoms with E-state index >= 15 is 0 Å². The summed E-state index contributed by atoms with van der Waals surface area (Å²) in [6, 6.07) is 7.50. The summed E-state index contributed by atoms with van der Waals surface area (Å²) in [4.78, 5) is 3.97. The van der Waals surface area contributed by atoms with E-state index in [9.17, 15) is 21.6 Å². The molecular formula is C19H19F3N2O4S. The summed E-state index contributed by atoms with van der Waals surface area (Å²) in [6.07, 6.45) is 0.908. The molecule has 156 valence electrons. The number of ether oxygens (including phenoxy) is 2. The van der Waals surface area contributed by atoms with Gasteiger partial charge in [0.25, 0.3) is 0 Å². The third-order valence-electron chi connectivity index (χ3n) is 5.19. The third kappa shape index (κ3) is 4.32. The van der Waals surface area contributed by atoms with Crippen LogP contribution >= 0.6 is 0 Å². The van der Waals surface area contributed by atoms with E-state index in [0.717, 1.165) is 37.1 Å². The van der Waals surface area contributed by atoms with E-state index in [1.165, 1.54) is 4.31 Å². The third-order valence-corrected chi connectivity index (χ3v) is 7.21. The zero-order valence-electron chi connectivity index (χ0n) is 15.2. The van der Waals surface area contributed by atoms with Crippen molar-refractivity contribution >= 4 is 10.0 Å². The van der Waals surface area contributed by atoms with Gasteiger partial charge in [-0.3, -0.25) is 4.98 Å². The largest absolute Gasteiger partial charge is 0.573 e. The van der Waals surface area contributed by atoms with Crippen LogP contribution in [-0.2, 0) is 10.0 Å². The molecule has 0 amide bonds. The highest BCUT2D eigenvalue weighted by Gasteiger charge is 2.48. The number of hydrogen-bond donors (Lipinski definition) is 0. The van der Waals surface area contributed by atoms with Gasteiger partial charge in [0.05, 0.1) is 11.1 Å². The number of alkyl halides is 3. The first kappa shape index (κ1) is 20.0. The van der Waals surface area contributed by atoms with Crippen LogP contribution in [0, 0.1) is 0 Å². The molecule has 0 saturated carbocycles. The zero-order valence-corrected chi connectivity index (χ0v) is 16.1. The van der Waals surface area contributed by atoms with E-state index in [1.807, 2.05) is 6.07 Å². The van der Waals surface area contributed by atoms with E-state index in [1.54, 1.807) is 18.5 Å². The van der Waals surface area contributed by atoms with E-state index in [4.69, 9.17) is 4.74 Å². The van der Waals surface area contributed by atoms with Crippen LogP contribution in [0.5, 0.6) is 11.5 Å². The molecule has 2 bridgehead atoms. The number of rotatable bonds is 5. The Kier molecular flexibility index (Phi) is 5.16. The van der Waals surface area contributed by atoms with Gasteiger partial charge in [-0.25, -0.2) is 8.42 Å². The SMILES string of the molecule is O=S(=O)(c1ccc(OC(F)(F)F)cc1)N1[C@H]2CC[C@H]1CC(Oc1cccnc1)C2. The van der Waals surface area contributed by atoms with Gasteiger partial charge in [0.2, 0.25) is 10.0 Å². The van der Waals surface area contributed by atoms with Crippen LogP contribution in [0.25, 0.3) is 0 Å². The van der Waals surface area contributed by atoms with E-state index in [2.05, 4.69) is 9.72 Å². The summed E-state index contributed by atoms with van der Waals surface area (Å²) in [5.74, 6) is 0.191. The highest BCUT2D eigenvalue weighted by atomic mass is 32.2. The lowest BCUT2D eigenvalue weighted by molar-refractivity contribution is -0.274. The molecule has 2 aliphatic rings. The molecule has 2 atom stereocenters. The zero-order chi connectivity index (χ0) is 20.6. The summed E-state index contributed by atoms with van der Waals surface area (Å²) < 4.78 is 74.4. The van der Waals surface area contributed by atoms with Crippen LogP contribution in [0.3, 0.4) is 0 Å². The minimum Gasteiger partial charge on any atom is -0.489 e. The van der Waals surface area contributed by atoms with Gasteiger partial charge in [-0.15, -0.1) is 13.2 Å². The van der Waals surface area contributed by atoms with Crippen LogP contribution in [0.2, 0.25) is 0 Å². The lowest BCUT2D eigenvalue weighted by Crippen LogP contribution is -2.49. The first-order valence-corrected chi connectivity index (χ1v) is 10.6. The molecular weight excluding hydrogens is 409 g/mol. The first-order chi connectivity index (χ1) is 13.7. The van der Waals surface area contributed by atoms with Gasteiger partial charge in [0, 0.05) is 31.1 Å². The Hall–Kier alpha value is -2.33. The maximum Gasteiger partial charge on any atom is 0.573 e. The minimum absolute atomic E-state index is 0.0458. The lowest BCUT2D eigenvalue weighted by Gasteiger charge is -2.37. The van der Waals surface area contributed by atoms with Crippen LogP contribution in [0.4, 0.5) is 13.2 Å². The molecule has 1 aromatic heterocycles. The summed E-state index contributed by atoms with van der Waals surface area (Å²) in [7, 11) is -3.83. The van der Waals surface area contributed by atoms with Crippen molar-refractivity contribution in [2.75, 3.05) is 0 Å². The summed E-state index contributed by atoms with van der Waals surface area (Å²) in [5.41, 5.74) is 0. The fourth-order valence-electron chi connectivity index (χ4n) is 4.12. The van der Waals surface area contributed by atoms with Crippen molar-refractivity contribution in [2.45, 2.75) is 55.1 Å². The maximum atomic E-state index is 13.1. The lowest BCUT2D eigenvalue weighted by atomic mass is 10.0. The second-order valence-corrected chi connectivity index (χ2v) is 8.98.